The number of alkyl halides is 3. The number of carbonyl (C=O) groups excluding carboxylic acids is 1. The molecule has 0 aromatic carbocycles. The van der Waals surface area contributed by atoms with Crippen LogP contribution in [0.2, 0.25) is 0 Å². The average Bonchev–Trinajstić information content (AvgIpc) is 2.79. The Morgan fingerprint density at radius 1 is 1.39 bits per heavy atom. The zero-order valence-electron chi connectivity index (χ0n) is 9.50. The molecule has 0 N–H and O–H groups in total. The van der Waals surface area contributed by atoms with E-state index in [1.807, 2.05) is 11.8 Å². The number of hydrogen-bond donors (Lipinski definition) is 0. The van der Waals surface area contributed by atoms with Crippen molar-refractivity contribution < 1.29 is 18.0 Å². The summed E-state index contributed by atoms with van der Waals surface area (Å²) < 4.78 is 37.1. The number of nitrogens with zero attached hydrogens (tertiary/aromatic N) is 1. The maximum absolute atomic E-state index is 12.4. The first-order chi connectivity index (χ1) is 8.47. The Labute approximate surface area is 111 Å². The third-order valence-corrected chi connectivity index (χ3v) is 4.97. The molecular formula is C11H12F3NOS2. The molecule has 1 aliphatic heterocycles. The summed E-state index contributed by atoms with van der Waals surface area (Å²) in [6.07, 6.45) is -1.11. The number of thioether (sulfide) groups is 1. The minimum Gasteiger partial charge on any atom is -0.293 e. The molecule has 18 heavy (non-hydrogen) atoms. The van der Waals surface area contributed by atoms with Gasteiger partial charge in [0, 0.05) is 12.6 Å². The Morgan fingerprint density at radius 2 is 2.06 bits per heavy atom. The molecule has 0 spiro atoms. The molecule has 100 valence electrons. The minimum absolute atomic E-state index is 0.126. The molecule has 1 fully saturated rings. The molecule has 0 aliphatic carbocycles. The maximum Gasteiger partial charge on any atom is 0.443 e. The van der Waals surface area contributed by atoms with Crippen LogP contribution in [0.15, 0.2) is 6.20 Å². The molecular weight excluding hydrogens is 283 g/mol. The molecule has 0 amide bonds. The molecule has 0 atom stereocenters. The predicted molar refractivity (Wildman–Crippen MR) is 66.1 cm³/mol. The van der Waals surface area contributed by atoms with Crippen LogP contribution in [0.5, 0.6) is 0 Å². The van der Waals surface area contributed by atoms with Gasteiger partial charge in [-0.25, -0.2) is 4.98 Å². The standard InChI is InChI=1S/C11H12F3NOS2/c12-11(13,14)10-15-6-9(18-10)8(16)5-7-1-3-17-4-2-7/h6-7H,1-5H2. The lowest BCUT2D eigenvalue weighted by atomic mass is 9.96. The van der Waals surface area contributed by atoms with Crippen molar-refractivity contribution in [2.75, 3.05) is 11.5 Å². The molecule has 7 heteroatoms. The zero-order chi connectivity index (χ0) is 13.2. The third kappa shape index (κ3) is 3.47. The molecule has 0 saturated carbocycles. The average molecular weight is 295 g/mol. The van der Waals surface area contributed by atoms with Gasteiger partial charge in [0.15, 0.2) is 10.8 Å². The SMILES string of the molecule is O=C(CC1CCSCC1)c1cnc(C(F)(F)F)s1. The first-order valence-corrected chi connectivity index (χ1v) is 7.58. The van der Waals surface area contributed by atoms with Crippen molar-refractivity contribution in [1.82, 2.24) is 4.98 Å². The molecule has 1 aliphatic rings. The van der Waals surface area contributed by atoms with Crippen molar-refractivity contribution in [3.63, 3.8) is 0 Å². The van der Waals surface area contributed by atoms with E-state index < -0.39 is 11.2 Å². The number of rotatable bonds is 3. The Hall–Kier alpha value is -0.560. The lowest BCUT2D eigenvalue weighted by molar-refractivity contribution is -0.137. The fourth-order valence-corrected chi connectivity index (χ4v) is 3.78. The van der Waals surface area contributed by atoms with Gasteiger partial charge in [-0.15, -0.1) is 11.3 Å². The van der Waals surface area contributed by atoms with Crippen LogP contribution in [0.1, 0.15) is 33.9 Å². The van der Waals surface area contributed by atoms with Gasteiger partial charge < -0.3 is 0 Å². The van der Waals surface area contributed by atoms with E-state index >= 15 is 0 Å². The van der Waals surface area contributed by atoms with Crippen molar-refractivity contribution in [3.8, 4) is 0 Å². The van der Waals surface area contributed by atoms with Crippen LogP contribution in [0.25, 0.3) is 0 Å². The van der Waals surface area contributed by atoms with Gasteiger partial charge in [-0.2, -0.15) is 24.9 Å². The van der Waals surface area contributed by atoms with Crippen LogP contribution in [-0.4, -0.2) is 22.3 Å². The number of aromatic nitrogens is 1. The zero-order valence-corrected chi connectivity index (χ0v) is 11.1. The third-order valence-electron chi connectivity index (χ3n) is 2.84. The van der Waals surface area contributed by atoms with Crippen molar-refractivity contribution in [1.29, 1.82) is 0 Å². The van der Waals surface area contributed by atoms with E-state index in [1.54, 1.807) is 0 Å². The van der Waals surface area contributed by atoms with E-state index in [-0.39, 0.29) is 10.7 Å². The highest BCUT2D eigenvalue weighted by Gasteiger charge is 2.35. The highest BCUT2D eigenvalue weighted by molar-refractivity contribution is 7.99. The summed E-state index contributed by atoms with van der Waals surface area (Å²) >= 11 is 2.30. The minimum atomic E-state index is -4.45. The van der Waals surface area contributed by atoms with Crippen LogP contribution < -0.4 is 0 Å². The molecule has 1 aromatic heterocycles. The maximum atomic E-state index is 12.4. The van der Waals surface area contributed by atoms with E-state index in [2.05, 4.69) is 4.98 Å². The Kier molecular flexibility index (Phi) is 4.32. The smallest absolute Gasteiger partial charge is 0.293 e. The number of hydrogen-bond acceptors (Lipinski definition) is 4. The molecule has 2 heterocycles. The summed E-state index contributed by atoms with van der Waals surface area (Å²) in [6.45, 7) is 0. The Morgan fingerprint density at radius 3 is 2.61 bits per heavy atom. The van der Waals surface area contributed by atoms with Crippen molar-refractivity contribution in [3.05, 3.63) is 16.1 Å². The molecule has 2 rings (SSSR count). The van der Waals surface area contributed by atoms with Crippen LogP contribution in [0, 0.1) is 5.92 Å². The first-order valence-electron chi connectivity index (χ1n) is 5.61. The highest BCUT2D eigenvalue weighted by Crippen LogP contribution is 2.33. The number of carbonyl (C=O) groups is 1. The second-order valence-electron chi connectivity index (χ2n) is 4.21. The van der Waals surface area contributed by atoms with Crippen LogP contribution in [0.3, 0.4) is 0 Å². The number of halogens is 3. The van der Waals surface area contributed by atoms with Crippen molar-refractivity contribution >= 4 is 28.9 Å². The monoisotopic (exact) mass is 295 g/mol. The second-order valence-corrected chi connectivity index (χ2v) is 6.47. The summed E-state index contributed by atoms with van der Waals surface area (Å²) in [5.74, 6) is 2.18. The van der Waals surface area contributed by atoms with Crippen molar-refractivity contribution in [2.24, 2.45) is 5.92 Å². The van der Waals surface area contributed by atoms with Crippen molar-refractivity contribution in [2.45, 2.75) is 25.4 Å². The summed E-state index contributed by atoms with van der Waals surface area (Å²) in [5, 5.41) is -0.940. The van der Waals surface area contributed by atoms with Gasteiger partial charge in [0.2, 0.25) is 0 Å². The van der Waals surface area contributed by atoms with E-state index in [0.29, 0.717) is 23.7 Å². The van der Waals surface area contributed by atoms with E-state index in [1.165, 1.54) is 0 Å². The normalized spacial score (nSPS) is 17.9. The van der Waals surface area contributed by atoms with Gasteiger partial charge in [-0.05, 0) is 30.3 Å². The molecule has 0 unspecified atom stereocenters. The summed E-state index contributed by atoms with van der Waals surface area (Å²) in [6, 6.07) is 0. The fraction of sp³-hybridized carbons (Fsp3) is 0.636. The van der Waals surface area contributed by atoms with Gasteiger partial charge in [-0.3, -0.25) is 4.79 Å². The topological polar surface area (TPSA) is 30.0 Å². The van der Waals surface area contributed by atoms with Crippen LogP contribution in [-0.2, 0) is 6.18 Å². The number of ketones is 1. The fourth-order valence-electron chi connectivity index (χ4n) is 1.85. The second kappa shape index (κ2) is 5.61. The molecule has 0 radical (unpaired) electrons. The van der Waals surface area contributed by atoms with Crippen LogP contribution >= 0.6 is 23.1 Å². The molecule has 1 saturated heterocycles. The van der Waals surface area contributed by atoms with Gasteiger partial charge in [-0.1, -0.05) is 0 Å². The Bertz CT molecular complexity index is 424. The quantitative estimate of drug-likeness (QED) is 0.793. The van der Waals surface area contributed by atoms with Gasteiger partial charge in [0.1, 0.15) is 0 Å². The number of Topliss-reactive ketones (excluding diaryl/α,β-unsaturated/α-hetero) is 1. The summed E-state index contributed by atoms with van der Waals surface area (Å²) in [7, 11) is 0. The Balaban J connectivity index is 1.98. The van der Waals surface area contributed by atoms with Crippen LogP contribution in [0.4, 0.5) is 13.2 Å². The van der Waals surface area contributed by atoms with Gasteiger partial charge in [0.25, 0.3) is 0 Å². The molecule has 1 aromatic rings. The van der Waals surface area contributed by atoms with Gasteiger partial charge in [0.05, 0.1) is 4.88 Å². The molecule has 2 nitrogen and oxygen atoms in total. The van der Waals surface area contributed by atoms with E-state index in [4.69, 9.17) is 0 Å². The lowest BCUT2D eigenvalue weighted by Crippen LogP contribution is -2.13. The largest absolute Gasteiger partial charge is 0.443 e. The summed E-state index contributed by atoms with van der Waals surface area (Å²) in [4.78, 5) is 15.2. The van der Waals surface area contributed by atoms with Gasteiger partial charge >= 0.3 is 6.18 Å². The first kappa shape index (κ1) is 13.9. The summed E-state index contributed by atoms with van der Waals surface area (Å²) in [5.41, 5.74) is 0. The number of thiazole rings is 1. The highest BCUT2D eigenvalue weighted by atomic mass is 32.2. The predicted octanol–water partition coefficient (Wildman–Crippen LogP) is 3.88. The van der Waals surface area contributed by atoms with E-state index in [0.717, 1.165) is 30.5 Å². The molecule has 0 bridgehead atoms. The lowest BCUT2D eigenvalue weighted by Gasteiger charge is -2.19. The van der Waals surface area contributed by atoms with E-state index in [9.17, 15) is 18.0 Å².